The van der Waals surface area contributed by atoms with E-state index in [9.17, 15) is 4.39 Å². The Labute approximate surface area is 60.3 Å². The highest BCUT2D eigenvalue weighted by Crippen LogP contribution is 2.04. The number of hydrogen-bond donors (Lipinski definition) is 0. The van der Waals surface area contributed by atoms with Crippen molar-refractivity contribution in [2.45, 2.75) is 6.92 Å². The van der Waals surface area contributed by atoms with Gasteiger partial charge in [0.2, 0.25) is 0 Å². The molecule has 0 aliphatic heterocycles. The van der Waals surface area contributed by atoms with E-state index in [1.807, 2.05) is 0 Å². The van der Waals surface area contributed by atoms with Crippen molar-refractivity contribution in [1.29, 1.82) is 0 Å². The van der Waals surface area contributed by atoms with Crippen LogP contribution >= 0.6 is 0 Å². The third-order valence-electron chi connectivity index (χ3n) is 1.09. The molecular weight excluding hydrogens is 131 g/mol. The first-order valence-corrected chi connectivity index (χ1v) is 2.81. The molecule has 0 bridgehead atoms. The van der Waals surface area contributed by atoms with Gasteiger partial charge in [-0.2, -0.15) is 5.10 Å². The van der Waals surface area contributed by atoms with E-state index in [1.54, 1.807) is 14.0 Å². The molecule has 0 saturated heterocycles. The zero-order valence-corrected chi connectivity index (χ0v) is 6.26. The van der Waals surface area contributed by atoms with Gasteiger partial charge in [0.1, 0.15) is 5.83 Å². The number of hydrogen-bond acceptors (Lipinski definition) is 2. The molecule has 0 spiro atoms. The van der Waals surface area contributed by atoms with Crippen molar-refractivity contribution in [2.24, 2.45) is 5.10 Å². The van der Waals surface area contributed by atoms with E-state index in [0.29, 0.717) is 5.70 Å². The minimum atomic E-state index is -0.479. The maximum atomic E-state index is 12.1. The molecule has 56 valence electrons. The van der Waals surface area contributed by atoms with Gasteiger partial charge in [0.15, 0.2) is 0 Å². The van der Waals surface area contributed by atoms with E-state index in [4.69, 9.17) is 0 Å². The molecule has 10 heavy (non-hydrogen) atoms. The van der Waals surface area contributed by atoms with Crippen molar-refractivity contribution in [1.82, 2.24) is 5.01 Å². The molecule has 0 radical (unpaired) electrons. The van der Waals surface area contributed by atoms with Crippen LogP contribution in [-0.4, -0.2) is 18.8 Å². The lowest BCUT2D eigenvalue weighted by molar-refractivity contribution is 0.449. The number of nitrogens with zero attached hydrogens (tertiary/aromatic N) is 2. The molecule has 0 aliphatic rings. The van der Waals surface area contributed by atoms with Crippen molar-refractivity contribution < 1.29 is 4.39 Å². The molecule has 0 fully saturated rings. The predicted octanol–water partition coefficient (Wildman–Crippen LogP) is 1.92. The number of rotatable bonds is 3. The van der Waals surface area contributed by atoms with Crippen LogP contribution in [0, 0.1) is 0 Å². The smallest absolute Gasteiger partial charge is 0.117 e. The monoisotopic (exact) mass is 142 g/mol. The summed E-state index contributed by atoms with van der Waals surface area (Å²) in [5.41, 5.74) is 0.669. The maximum absolute atomic E-state index is 12.1. The van der Waals surface area contributed by atoms with E-state index in [-0.39, 0.29) is 0 Å². The first-order valence-electron chi connectivity index (χ1n) is 2.81. The highest BCUT2D eigenvalue weighted by Gasteiger charge is 1.93. The fraction of sp³-hybridized carbons (Fsp3) is 0.286. The summed E-state index contributed by atoms with van der Waals surface area (Å²) in [6, 6.07) is 0. The van der Waals surface area contributed by atoms with Crippen molar-refractivity contribution in [2.75, 3.05) is 7.05 Å². The SMILES string of the molecule is C=NN(C)/C(C)=C/C(=C)F. The Hall–Kier alpha value is -1.12. The molecule has 0 saturated carbocycles. The molecular formula is C7H11FN2. The molecule has 0 amide bonds. The Balaban J connectivity index is 4.18. The van der Waals surface area contributed by atoms with Crippen LogP contribution in [0.15, 0.2) is 29.3 Å². The molecule has 0 unspecified atom stereocenters. The van der Waals surface area contributed by atoms with Crippen molar-refractivity contribution >= 4 is 6.72 Å². The normalized spacial score (nSPS) is 10.9. The zero-order valence-electron chi connectivity index (χ0n) is 6.26. The summed E-state index contributed by atoms with van der Waals surface area (Å²) in [5, 5.41) is 5.01. The van der Waals surface area contributed by atoms with E-state index in [2.05, 4.69) is 18.4 Å². The fourth-order valence-corrected chi connectivity index (χ4v) is 0.432. The van der Waals surface area contributed by atoms with Gasteiger partial charge in [0, 0.05) is 19.5 Å². The molecule has 0 heterocycles. The van der Waals surface area contributed by atoms with E-state index in [0.717, 1.165) is 0 Å². The van der Waals surface area contributed by atoms with Gasteiger partial charge < -0.3 is 0 Å². The molecule has 0 aromatic carbocycles. The van der Waals surface area contributed by atoms with Crippen molar-refractivity contribution in [3.05, 3.63) is 24.2 Å². The van der Waals surface area contributed by atoms with Gasteiger partial charge >= 0.3 is 0 Å². The van der Waals surface area contributed by atoms with Gasteiger partial charge in [0.25, 0.3) is 0 Å². The van der Waals surface area contributed by atoms with Gasteiger partial charge in [-0.05, 0) is 13.0 Å². The lowest BCUT2D eigenvalue weighted by Crippen LogP contribution is -2.06. The molecule has 0 aliphatic carbocycles. The first kappa shape index (κ1) is 8.88. The maximum Gasteiger partial charge on any atom is 0.117 e. The summed E-state index contributed by atoms with van der Waals surface area (Å²) in [5.74, 6) is -0.479. The summed E-state index contributed by atoms with van der Waals surface area (Å²) in [6.07, 6.45) is 1.29. The molecule has 0 N–H and O–H groups in total. The topological polar surface area (TPSA) is 15.6 Å². The average Bonchev–Trinajstić information content (AvgIpc) is 1.85. The minimum absolute atomic E-state index is 0.479. The van der Waals surface area contributed by atoms with Crippen LogP contribution in [-0.2, 0) is 0 Å². The van der Waals surface area contributed by atoms with Crippen LogP contribution in [0.5, 0.6) is 0 Å². The molecule has 0 rings (SSSR count). The Kier molecular flexibility index (Phi) is 3.39. The highest BCUT2D eigenvalue weighted by atomic mass is 19.1. The molecule has 2 nitrogen and oxygen atoms in total. The van der Waals surface area contributed by atoms with Crippen molar-refractivity contribution in [3.63, 3.8) is 0 Å². The lowest BCUT2D eigenvalue weighted by Gasteiger charge is -2.10. The van der Waals surface area contributed by atoms with Crippen molar-refractivity contribution in [3.8, 4) is 0 Å². The Morgan fingerprint density at radius 2 is 2.20 bits per heavy atom. The molecule has 0 aromatic heterocycles. The first-order chi connectivity index (χ1) is 4.57. The fourth-order valence-electron chi connectivity index (χ4n) is 0.432. The van der Waals surface area contributed by atoms with Gasteiger partial charge in [-0.3, -0.25) is 5.01 Å². The zero-order chi connectivity index (χ0) is 8.15. The van der Waals surface area contributed by atoms with Crippen LogP contribution in [0.1, 0.15) is 6.92 Å². The second-order valence-electron chi connectivity index (χ2n) is 1.90. The average molecular weight is 142 g/mol. The van der Waals surface area contributed by atoms with Crippen LogP contribution in [0.3, 0.4) is 0 Å². The van der Waals surface area contributed by atoms with E-state index < -0.39 is 5.83 Å². The standard InChI is InChI=1S/C7H11FN2/c1-6(8)5-7(2)10(4)9-3/h5H,1,3H2,2,4H3/b7-5+. The number of halogens is 1. The van der Waals surface area contributed by atoms with Gasteiger partial charge in [-0.15, -0.1) is 0 Å². The minimum Gasteiger partial charge on any atom is -0.273 e. The quantitative estimate of drug-likeness (QED) is 0.334. The second kappa shape index (κ2) is 3.82. The Morgan fingerprint density at radius 3 is 2.50 bits per heavy atom. The predicted molar refractivity (Wildman–Crippen MR) is 41.3 cm³/mol. The van der Waals surface area contributed by atoms with Crippen LogP contribution < -0.4 is 0 Å². The van der Waals surface area contributed by atoms with Gasteiger partial charge in [-0.1, -0.05) is 6.58 Å². The summed E-state index contributed by atoms with van der Waals surface area (Å²) in [4.78, 5) is 0. The number of hydrazone groups is 1. The molecule has 0 aromatic rings. The third kappa shape index (κ3) is 3.02. The Bertz CT molecular complexity index is 172. The van der Waals surface area contributed by atoms with Crippen LogP contribution in [0.4, 0.5) is 4.39 Å². The third-order valence-corrected chi connectivity index (χ3v) is 1.09. The van der Waals surface area contributed by atoms with E-state index in [1.165, 1.54) is 11.1 Å². The summed E-state index contributed by atoms with van der Waals surface area (Å²) in [6.45, 7) is 8.07. The molecule has 0 atom stereocenters. The highest BCUT2D eigenvalue weighted by molar-refractivity contribution is 5.23. The van der Waals surface area contributed by atoms with E-state index >= 15 is 0 Å². The van der Waals surface area contributed by atoms with Crippen LogP contribution in [0.25, 0.3) is 0 Å². The summed E-state index contributed by atoms with van der Waals surface area (Å²) < 4.78 is 12.1. The van der Waals surface area contributed by atoms with Gasteiger partial charge in [-0.25, -0.2) is 4.39 Å². The molecule has 3 heteroatoms. The summed E-state index contributed by atoms with van der Waals surface area (Å²) >= 11 is 0. The Morgan fingerprint density at radius 1 is 1.70 bits per heavy atom. The summed E-state index contributed by atoms with van der Waals surface area (Å²) in [7, 11) is 1.68. The number of allylic oxidation sites excluding steroid dienone is 3. The largest absolute Gasteiger partial charge is 0.273 e. The lowest BCUT2D eigenvalue weighted by atomic mass is 10.4. The van der Waals surface area contributed by atoms with Crippen LogP contribution in [0.2, 0.25) is 0 Å². The van der Waals surface area contributed by atoms with Gasteiger partial charge in [0.05, 0.1) is 0 Å². The second-order valence-corrected chi connectivity index (χ2v) is 1.90.